The molecule has 0 aliphatic carbocycles. The second-order valence-electron chi connectivity index (χ2n) is 7.43. The number of benzene rings is 2. The van der Waals surface area contributed by atoms with Gasteiger partial charge in [-0.05, 0) is 11.6 Å². The minimum Gasteiger partial charge on any atom is -0.493 e. The van der Waals surface area contributed by atoms with Gasteiger partial charge in [0.15, 0.2) is 5.96 Å². The summed E-state index contributed by atoms with van der Waals surface area (Å²) in [5.41, 5.74) is 8.39. The van der Waals surface area contributed by atoms with E-state index in [-0.39, 0.29) is 41.8 Å². The predicted octanol–water partition coefficient (Wildman–Crippen LogP) is 3.08. The Balaban J connectivity index is 0.00000240. The quantitative estimate of drug-likeness (QED) is 0.371. The van der Waals surface area contributed by atoms with E-state index in [0.717, 1.165) is 29.8 Å². The number of nitrogens with one attached hydrogen (secondary N) is 1. The fraction of sp³-hybridized carbons (Fsp3) is 0.364. The van der Waals surface area contributed by atoms with E-state index < -0.39 is 0 Å². The van der Waals surface area contributed by atoms with E-state index in [1.165, 1.54) is 0 Å². The summed E-state index contributed by atoms with van der Waals surface area (Å²) in [5.74, 6) is 1.72. The van der Waals surface area contributed by atoms with Gasteiger partial charge in [-0.2, -0.15) is 0 Å². The van der Waals surface area contributed by atoms with Crippen LogP contribution in [-0.4, -0.2) is 36.5 Å². The third-order valence-electron chi connectivity index (χ3n) is 5.31. The molecule has 0 saturated carbocycles. The Morgan fingerprint density at radius 1 is 1.17 bits per heavy atom. The summed E-state index contributed by atoms with van der Waals surface area (Å²) >= 11 is 0. The predicted molar refractivity (Wildman–Crippen MR) is 124 cm³/mol. The van der Waals surface area contributed by atoms with Crippen LogP contribution < -0.4 is 15.8 Å². The van der Waals surface area contributed by atoms with Crippen molar-refractivity contribution in [3.8, 4) is 5.75 Å². The molecule has 7 heteroatoms. The number of fused-ring (bicyclic) bond motifs is 1. The molecule has 29 heavy (non-hydrogen) atoms. The number of aliphatic imine (C=N–C) groups is 1. The number of hydrogen-bond donors (Lipinski definition) is 2. The zero-order valence-corrected chi connectivity index (χ0v) is 18.6. The number of hydrogen-bond acceptors (Lipinski definition) is 3. The van der Waals surface area contributed by atoms with Crippen molar-refractivity contribution in [2.24, 2.45) is 16.6 Å². The normalized spacial score (nSPS) is 21.2. The number of carbonyl (C=O) groups excluding carboxylic acids is 1. The van der Waals surface area contributed by atoms with E-state index in [2.05, 4.69) is 16.4 Å². The molecular weight excluding hydrogens is 479 g/mol. The van der Waals surface area contributed by atoms with Gasteiger partial charge < -0.3 is 20.7 Å². The first kappa shape index (κ1) is 21.4. The lowest BCUT2D eigenvalue weighted by Crippen LogP contribution is -2.37. The molecule has 154 valence electrons. The van der Waals surface area contributed by atoms with Gasteiger partial charge in [0.05, 0.1) is 12.6 Å². The SMILES string of the molecule is I.NC(=NCC1CC(=O)N(Cc2ccccc2)C1)NC1CCOc2ccccc21. The molecule has 2 aliphatic heterocycles. The molecule has 0 spiro atoms. The number of guanidine groups is 1. The first-order valence-electron chi connectivity index (χ1n) is 9.79. The van der Waals surface area contributed by atoms with Crippen molar-refractivity contribution in [1.82, 2.24) is 10.2 Å². The number of halogens is 1. The highest BCUT2D eigenvalue weighted by Crippen LogP contribution is 2.31. The van der Waals surface area contributed by atoms with Crippen LogP contribution in [0.1, 0.15) is 30.0 Å². The number of ether oxygens (including phenoxy) is 1. The average molecular weight is 506 g/mol. The summed E-state index contributed by atoms with van der Waals surface area (Å²) in [6.45, 7) is 2.60. The largest absolute Gasteiger partial charge is 0.493 e. The van der Waals surface area contributed by atoms with Crippen LogP contribution in [0.2, 0.25) is 0 Å². The fourth-order valence-corrected chi connectivity index (χ4v) is 3.88. The van der Waals surface area contributed by atoms with E-state index in [1.54, 1.807) is 0 Å². The Morgan fingerprint density at radius 2 is 1.93 bits per heavy atom. The molecule has 1 amide bonds. The lowest BCUT2D eigenvalue weighted by atomic mass is 10.0. The summed E-state index contributed by atoms with van der Waals surface area (Å²) in [4.78, 5) is 18.7. The molecule has 2 aliphatic rings. The Morgan fingerprint density at radius 3 is 2.76 bits per heavy atom. The fourth-order valence-electron chi connectivity index (χ4n) is 3.88. The van der Waals surface area contributed by atoms with Crippen LogP contribution in [0.15, 0.2) is 59.6 Å². The molecule has 2 unspecified atom stereocenters. The van der Waals surface area contributed by atoms with Crippen molar-refractivity contribution >= 4 is 35.8 Å². The maximum atomic E-state index is 12.3. The van der Waals surface area contributed by atoms with Crippen molar-refractivity contribution in [3.05, 3.63) is 65.7 Å². The van der Waals surface area contributed by atoms with E-state index in [9.17, 15) is 4.79 Å². The summed E-state index contributed by atoms with van der Waals surface area (Å²) in [7, 11) is 0. The molecule has 2 heterocycles. The summed E-state index contributed by atoms with van der Waals surface area (Å²) in [6.07, 6.45) is 1.38. The average Bonchev–Trinajstić information content (AvgIpc) is 3.07. The molecule has 6 nitrogen and oxygen atoms in total. The molecule has 3 N–H and O–H groups in total. The standard InChI is InChI=1S/C22H26N4O2.HI/c23-22(25-19-10-11-28-20-9-5-4-8-18(19)20)24-13-17-12-21(27)26(15-17)14-16-6-2-1-3-7-16;/h1-9,17,19H,10-15H2,(H3,23,24,25);1H. The number of para-hydroxylation sites is 1. The van der Waals surface area contributed by atoms with E-state index in [1.807, 2.05) is 53.4 Å². The minimum absolute atomic E-state index is 0. The number of nitrogens with two attached hydrogens (primary N) is 1. The van der Waals surface area contributed by atoms with Gasteiger partial charge in [0.2, 0.25) is 5.91 Å². The molecule has 2 atom stereocenters. The second kappa shape index (κ2) is 9.96. The van der Waals surface area contributed by atoms with Crippen LogP contribution >= 0.6 is 24.0 Å². The van der Waals surface area contributed by atoms with Gasteiger partial charge in [0.1, 0.15) is 5.75 Å². The topological polar surface area (TPSA) is 80.0 Å². The summed E-state index contributed by atoms with van der Waals surface area (Å²) in [5, 5.41) is 3.31. The second-order valence-corrected chi connectivity index (χ2v) is 7.43. The number of carbonyl (C=O) groups is 1. The molecule has 4 rings (SSSR count). The highest BCUT2D eigenvalue weighted by molar-refractivity contribution is 14.0. The van der Waals surface area contributed by atoms with Gasteiger partial charge >= 0.3 is 0 Å². The molecule has 0 radical (unpaired) electrons. The van der Waals surface area contributed by atoms with Gasteiger partial charge in [-0.15, -0.1) is 24.0 Å². The zero-order valence-electron chi connectivity index (χ0n) is 16.3. The van der Waals surface area contributed by atoms with Gasteiger partial charge in [-0.3, -0.25) is 9.79 Å². The Kier molecular flexibility index (Phi) is 7.35. The Bertz CT molecular complexity index is 859. The van der Waals surface area contributed by atoms with Crippen molar-refractivity contribution in [2.45, 2.75) is 25.4 Å². The maximum Gasteiger partial charge on any atom is 0.223 e. The van der Waals surface area contributed by atoms with Crippen LogP contribution in [0, 0.1) is 5.92 Å². The van der Waals surface area contributed by atoms with Crippen LogP contribution in [0.3, 0.4) is 0 Å². The van der Waals surface area contributed by atoms with Gasteiger partial charge in [-0.1, -0.05) is 48.5 Å². The van der Waals surface area contributed by atoms with Crippen molar-refractivity contribution in [1.29, 1.82) is 0 Å². The molecule has 1 fully saturated rings. The minimum atomic E-state index is 0. The van der Waals surface area contributed by atoms with Gasteiger partial charge in [-0.25, -0.2) is 0 Å². The highest BCUT2D eigenvalue weighted by atomic mass is 127. The molecule has 1 saturated heterocycles. The van der Waals surface area contributed by atoms with Gasteiger partial charge in [0.25, 0.3) is 0 Å². The number of likely N-dealkylation sites (tertiary alicyclic amines) is 1. The lowest BCUT2D eigenvalue weighted by molar-refractivity contribution is -0.128. The first-order valence-corrected chi connectivity index (χ1v) is 9.79. The van der Waals surface area contributed by atoms with Crippen LogP contribution in [0.5, 0.6) is 5.75 Å². The van der Waals surface area contributed by atoms with Crippen molar-refractivity contribution < 1.29 is 9.53 Å². The third kappa shape index (κ3) is 5.41. The maximum absolute atomic E-state index is 12.3. The summed E-state index contributed by atoms with van der Waals surface area (Å²) < 4.78 is 5.69. The zero-order chi connectivity index (χ0) is 19.3. The van der Waals surface area contributed by atoms with E-state index >= 15 is 0 Å². The highest BCUT2D eigenvalue weighted by Gasteiger charge is 2.29. The van der Waals surface area contributed by atoms with Crippen LogP contribution in [0.4, 0.5) is 0 Å². The molecule has 0 bridgehead atoms. The Hall–Kier alpha value is -2.29. The lowest BCUT2D eigenvalue weighted by Gasteiger charge is -2.27. The van der Waals surface area contributed by atoms with Crippen LogP contribution in [-0.2, 0) is 11.3 Å². The third-order valence-corrected chi connectivity index (χ3v) is 5.31. The first-order chi connectivity index (χ1) is 13.7. The number of nitrogens with zero attached hydrogens (tertiary/aromatic N) is 2. The van der Waals surface area contributed by atoms with Crippen molar-refractivity contribution in [2.75, 3.05) is 19.7 Å². The number of rotatable bonds is 5. The van der Waals surface area contributed by atoms with Gasteiger partial charge in [0, 0.05) is 44.0 Å². The van der Waals surface area contributed by atoms with E-state index in [4.69, 9.17) is 10.5 Å². The van der Waals surface area contributed by atoms with E-state index in [0.29, 0.717) is 32.1 Å². The molecule has 2 aromatic rings. The summed E-state index contributed by atoms with van der Waals surface area (Å²) in [6, 6.07) is 18.2. The smallest absolute Gasteiger partial charge is 0.223 e. The Labute approximate surface area is 188 Å². The molecule has 2 aromatic carbocycles. The van der Waals surface area contributed by atoms with Crippen molar-refractivity contribution in [3.63, 3.8) is 0 Å². The molecule has 0 aromatic heterocycles. The van der Waals surface area contributed by atoms with Crippen LogP contribution in [0.25, 0.3) is 0 Å². The number of amides is 1. The molecular formula is C22H27IN4O2. The monoisotopic (exact) mass is 506 g/mol.